The van der Waals surface area contributed by atoms with E-state index < -0.39 is 0 Å². The van der Waals surface area contributed by atoms with Gasteiger partial charge >= 0.3 is 0 Å². The molecule has 140 valence electrons. The number of carbonyl (C=O) groups excluding carboxylic acids is 1. The minimum Gasteiger partial charge on any atom is -0.297 e. The van der Waals surface area contributed by atoms with Crippen molar-refractivity contribution in [1.29, 1.82) is 5.26 Å². The highest BCUT2D eigenvalue weighted by Gasteiger charge is 2.26. The summed E-state index contributed by atoms with van der Waals surface area (Å²) in [7, 11) is 0. The van der Waals surface area contributed by atoms with E-state index >= 15 is 0 Å². The largest absolute Gasteiger partial charge is 0.297 e. The number of hydrogen-bond donors (Lipinski definition) is 0. The lowest BCUT2D eigenvalue weighted by Gasteiger charge is -2.31. The van der Waals surface area contributed by atoms with Gasteiger partial charge in [0.05, 0.1) is 18.5 Å². The van der Waals surface area contributed by atoms with Crippen LogP contribution in [0.4, 0.5) is 0 Å². The van der Waals surface area contributed by atoms with E-state index in [9.17, 15) is 4.79 Å². The minimum atomic E-state index is -0.345. The van der Waals surface area contributed by atoms with Crippen LogP contribution in [0.3, 0.4) is 0 Å². The van der Waals surface area contributed by atoms with Gasteiger partial charge in [-0.15, -0.1) is 0 Å². The van der Waals surface area contributed by atoms with Gasteiger partial charge in [-0.1, -0.05) is 91.0 Å². The second kappa shape index (κ2) is 10.2. The average Bonchev–Trinajstić information content (AvgIpc) is 2.74. The third-order valence-corrected chi connectivity index (χ3v) is 4.79. The second-order valence-electron chi connectivity index (χ2n) is 6.88. The summed E-state index contributed by atoms with van der Waals surface area (Å²) in [6.07, 6.45) is 0.526. The van der Waals surface area contributed by atoms with Gasteiger partial charge in [-0.3, -0.25) is 9.69 Å². The molecule has 0 N–H and O–H groups in total. The molecule has 0 bridgehead atoms. The van der Waals surface area contributed by atoms with E-state index in [0.29, 0.717) is 19.5 Å². The van der Waals surface area contributed by atoms with E-state index in [4.69, 9.17) is 5.26 Å². The Hall–Kier alpha value is -3.22. The van der Waals surface area contributed by atoms with Gasteiger partial charge in [0.2, 0.25) is 0 Å². The van der Waals surface area contributed by atoms with Crippen molar-refractivity contribution in [1.82, 2.24) is 4.90 Å². The molecule has 0 heterocycles. The molecule has 0 spiro atoms. The number of ketones is 1. The van der Waals surface area contributed by atoms with E-state index in [1.54, 1.807) is 0 Å². The highest BCUT2D eigenvalue weighted by Crippen LogP contribution is 2.18. The van der Waals surface area contributed by atoms with Gasteiger partial charge in [0, 0.05) is 13.1 Å². The van der Waals surface area contributed by atoms with Crippen molar-refractivity contribution in [2.45, 2.75) is 32.0 Å². The number of nitriles is 1. The quantitative estimate of drug-likeness (QED) is 0.546. The highest BCUT2D eigenvalue weighted by molar-refractivity contribution is 5.86. The SMILES string of the molecule is N#CCC(=O)[C@H](Cc1ccccc1)N(Cc1ccccc1)Cc1ccccc1. The Balaban J connectivity index is 1.91. The van der Waals surface area contributed by atoms with E-state index in [1.165, 1.54) is 0 Å². The molecular formula is C25H24N2O. The molecule has 1 atom stereocenters. The summed E-state index contributed by atoms with van der Waals surface area (Å²) < 4.78 is 0. The molecule has 3 rings (SSSR count). The molecule has 28 heavy (non-hydrogen) atoms. The van der Waals surface area contributed by atoms with E-state index in [2.05, 4.69) is 29.2 Å². The Morgan fingerprint density at radius 2 is 1.18 bits per heavy atom. The smallest absolute Gasteiger partial charge is 0.164 e. The van der Waals surface area contributed by atoms with Crippen LogP contribution in [0.2, 0.25) is 0 Å². The van der Waals surface area contributed by atoms with Crippen LogP contribution in [0, 0.1) is 11.3 Å². The summed E-state index contributed by atoms with van der Waals surface area (Å²) in [6, 6.07) is 32.1. The molecule has 0 radical (unpaired) electrons. The maximum Gasteiger partial charge on any atom is 0.164 e. The fourth-order valence-corrected chi connectivity index (χ4v) is 3.39. The molecule has 0 saturated carbocycles. The fraction of sp³-hybridized carbons (Fsp3) is 0.200. The lowest BCUT2D eigenvalue weighted by atomic mass is 9.98. The van der Waals surface area contributed by atoms with Crippen LogP contribution in [-0.2, 0) is 24.3 Å². The van der Waals surface area contributed by atoms with E-state index in [0.717, 1.165) is 16.7 Å². The second-order valence-corrected chi connectivity index (χ2v) is 6.88. The van der Waals surface area contributed by atoms with Gasteiger partial charge in [0.15, 0.2) is 5.78 Å². The van der Waals surface area contributed by atoms with Crippen molar-refractivity contribution in [3.05, 3.63) is 108 Å². The summed E-state index contributed by atoms with van der Waals surface area (Å²) >= 11 is 0. The highest BCUT2D eigenvalue weighted by atomic mass is 16.1. The fourth-order valence-electron chi connectivity index (χ4n) is 3.39. The monoisotopic (exact) mass is 368 g/mol. The Morgan fingerprint density at radius 3 is 1.61 bits per heavy atom. The summed E-state index contributed by atoms with van der Waals surface area (Å²) in [5.41, 5.74) is 3.41. The number of carbonyl (C=O) groups is 1. The first-order valence-corrected chi connectivity index (χ1v) is 9.52. The number of rotatable bonds is 9. The van der Waals surface area contributed by atoms with Crippen LogP contribution in [-0.4, -0.2) is 16.7 Å². The van der Waals surface area contributed by atoms with Crippen molar-refractivity contribution in [2.75, 3.05) is 0 Å². The van der Waals surface area contributed by atoms with Crippen molar-refractivity contribution < 1.29 is 4.79 Å². The van der Waals surface area contributed by atoms with Crippen LogP contribution < -0.4 is 0 Å². The van der Waals surface area contributed by atoms with Crippen LogP contribution in [0.25, 0.3) is 0 Å². The van der Waals surface area contributed by atoms with Crippen LogP contribution >= 0.6 is 0 Å². The zero-order chi connectivity index (χ0) is 19.6. The lowest BCUT2D eigenvalue weighted by molar-refractivity contribution is -0.123. The van der Waals surface area contributed by atoms with E-state index in [1.807, 2.05) is 72.8 Å². The predicted molar refractivity (Wildman–Crippen MR) is 111 cm³/mol. The Labute approximate surface area is 166 Å². The molecule has 3 nitrogen and oxygen atoms in total. The van der Waals surface area contributed by atoms with Crippen molar-refractivity contribution in [3.8, 4) is 6.07 Å². The molecule has 0 fully saturated rings. The van der Waals surface area contributed by atoms with Crippen molar-refractivity contribution in [3.63, 3.8) is 0 Å². The molecule has 0 aliphatic carbocycles. The topological polar surface area (TPSA) is 44.1 Å². The maximum absolute atomic E-state index is 12.9. The molecular weight excluding hydrogens is 344 g/mol. The molecule has 3 aromatic rings. The van der Waals surface area contributed by atoms with Crippen molar-refractivity contribution in [2.24, 2.45) is 0 Å². The van der Waals surface area contributed by atoms with Crippen LogP contribution in [0.15, 0.2) is 91.0 Å². The Kier molecular flexibility index (Phi) is 7.12. The summed E-state index contributed by atoms with van der Waals surface area (Å²) in [5, 5.41) is 9.12. The predicted octanol–water partition coefficient (Wildman–Crippen LogP) is 4.78. The van der Waals surface area contributed by atoms with Crippen LogP contribution in [0.1, 0.15) is 23.1 Å². The average molecular weight is 368 g/mol. The Bertz CT molecular complexity index is 860. The zero-order valence-corrected chi connectivity index (χ0v) is 15.9. The van der Waals surface area contributed by atoms with Gasteiger partial charge in [-0.25, -0.2) is 0 Å². The maximum atomic E-state index is 12.9. The van der Waals surface area contributed by atoms with Gasteiger partial charge in [0.1, 0.15) is 0 Å². The number of nitrogens with zero attached hydrogens (tertiary/aromatic N) is 2. The molecule has 0 aliphatic heterocycles. The normalized spacial score (nSPS) is 11.7. The Morgan fingerprint density at radius 1 is 0.750 bits per heavy atom. The van der Waals surface area contributed by atoms with Gasteiger partial charge in [0.25, 0.3) is 0 Å². The molecule has 0 aromatic heterocycles. The first kappa shape index (κ1) is 19.5. The third kappa shape index (κ3) is 5.64. The number of benzene rings is 3. The molecule has 3 aromatic carbocycles. The zero-order valence-electron chi connectivity index (χ0n) is 15.9. The molecule has 0 saturated heterocycles. The van der Waals surface area contributed by atoms with Gasteiger partial charge in [-0.05, 0) is 23.1 Å². The third-order valence-electron chi connectivity index (χ3n) is 4.79. The molecule has 0 amide bonds. The van der Waals surface area contributed by atoms with Crippen LogP contribution in [0.5, 0.6) is 0 Å². The lowest BCUT2D eigenvalue weighted by Crippen LogP contribution is -2.42. The standard InChI is InChI=1S/C25H24N2O/c26-17-16-25(28)24(18-21-10-4-1-5-11-21)27(19-22-12-6-2-7-13-22)20-23-14-8-3-9-15-23/h1-15,24H,16,18-20H2/t24-/m0/s1. The number of hydrogen-bond acceptors (Lipinski definition) is 3. The molecule has 0 aliphatic rings. The summed E-state index contributed by atoms with van der Waals surface area (Å²) in [5.74, 6) is -0.0294. The minimum absolute atomic E-state index is 0.0294. The van der Waals surface area contributed by atoms with Gasteiger partial charge in [-0.2, -0.15) is 5.26 Å². The van der Waals surface area contributed by atoms with Gasteiger partial charge < -0.3 is 0 Å². The summed E-state index contributed by atoms with van der Waals surface area (Å²) in [4.78, 5) is 15.1. The molecule has 3 heteroatoms. The first-order chi connectivity index (χ1) is 13.8. The number of Topliss-reactive ketones (excluding diaryl/α,β-unsaturated/α-hetero) is 1. The molecule has 0 unspecified atom stereocenters. The summed E-state index contributed by atoms with van der Waals surface area (Å²) in [6.45, 7) is 1.31. The van der Waals surface area contributed by atoms with E-state index in [-0.39, 0.29) is 18.2 Å². The van der Waals surface area contributed by atoms with Crippen molar-refractivity contribution >= 4 is 5.78 Å². The first-order valence-electron chi connectivity index (χ1n) is 9.52.